The number of nitrogens with zero attached hydrogens (tertiary/aromatic N) is 2. The second kappa shape index (κ2) is 3.42. The minimum absolute atomic E-state index is 0.256. The number of ether oxygens (including phenoxy) is 1. The molecule has 1 saturated heterocycles. The molecule has 1 aliphatic rings. The maximum atomic E-state index is 8.90. The third kappa shape index (κ3) is 1.96. The van der Waals surface area contributed by atoms with Crippen LogP contribution in [0.2, 0.25) is 0 Å². The van der Waals surface area contributed by atoms with Gasteiger partial charge in [0.15, 0.2) is 0 Å². The van der Waals surface area contributed by atoms with Crippen molar-refractivity contribution in [3.63, 3.8) is 0 Å². The van der Waals surface area contributed by atoms with Crippen LogP contribution in [0.4, 0.5) is 0 Å². The molecule has 0 unspecified atom stereocenters. The molecule has 1 atom stereocenters. The first-order valence-corrected chi connectivity index (χ1v) is 4.34. The van der Waals surface area contributed by atoms with E-state index in [9.17, 15) is 0 Å². The van der Waals surface area contributed by atoms with Gasteiger partial charge in [-0.05, 0) is 20.8 Å². The molecule has 0 aromatic carbocycles. The smallest absolute Gasteiger partial charge is 0.103 e. The van der Waals surface area contributed by atoms with Crippen LogP contribution in [0, 0.1) is 11.3 Å². The molecule has 1 fully saturated rings. The average molecular weight is 168 g/mol. The first-order valence-electron chi connectivity index (χ1n) is 4.34. The van der Waals surface area contributed by atoms with E-state index in [-0.39, 0.29) is 11.6 Å². The van der Waals surface area contributed by atoms with Gasteiger partial charge in [-0.1, -0.05) is 0 Å². The van der Waals surface area contributed by atoms with Gasteiger partial charge in [0.05, 0.1) is 18.8 Å². The molecule has 0 N–H and O–H groups in total. The summed E-state index contributed by atoms with van der Waals surface area (Å²) in [7, 11) is 0. The summed E-state index contributed by atoms with van der Waals surface area (Å²) in [5.41, 5.74) is -0.349. The Balaban J connectivity index is 2.58. The predicted octanol–water partition coefficient (Wildman–Crippen LogP) is 1.01. The van der Waals surface area contributed by atoms with E-state index in [1.165, 1.54) is 0 Å². The van der Waals surface area contributed by atoms with Crippen molar-refractivity contribution >= 4 is 0 Å². The lowest BCUT2D eigenvalue weighted by molar-refractivity contribution is -0.0415. The van der Waals surface area contributed by atoms with Crippen molar-refractivity contribution in [1.82, 2.24) is 4.90 Å². The van der Waals surface area contributed by atoms with Crippen LogP contribution in [0.15, 0.2) is 0 Å². The normalized spacial score (nSPS) is 26.7. The van der Waals surface area contributed by atoms with Crippen molar-refractivity contribution in [3.05, 3.63) is 0 Å². The Bertz CT molecular complexity index is 195. The molecule has 0 radical (unpaired) electrons. The Morgan fingerprint density at radius 1 is 1.58 bits per heavy atom. The molecular formula is C9H16N2O. The first-order chi connectivity index (χ1) is 5.56. The average Bonchev–Trinajstić information content (AvgIpc) is 2.05. The molecular weight excluding hydrogens is 152 g/mol. The van der Waals surface area contributed by atoms with Gasteiger partial charge in [0, 0.05) is 13.1 Å². The van der Waals surface area contributed by atoms with E-state index in [2.05, 4.69) is 11.0 Å². The van der Waals surface area contributed by atoms with Crippen LogP contribution in [0.25, 0.3) is 0 Å². The van der Waals surface area contributed by atoms with Gasteiger partial charge >= 0.3 is 0 Å². The van der Waals surface area contributed by atoms with Crippen LogP contribution >= 0.6 is 0 Å². The quantitative estimate of drug-likeness (QED) is 0.586. The number of hydrogen-bond acceptors (Lipinski definition) is 3. The third-order valence-electron chi connectivity index (χ3n) is 2.31. The summed E-state index contributed by atoms with van der Waals surface area (Å²) in [6.07, 6.45) is 0.256. The van der Waals surface area contributed by atoms with Gasteiger partial charge in [-0.25, -0.2) is 0 Å². The monoisotopic (exact) mass is 168 g/mol. The van der Waals surface area contributed by atoms with Gasteiger partial charge in [0.2, 0.25) is 0 Å². The Labute approximate surface area is 73.9 Å². The van der Waals surface area contributed by atoms with E-state index in [1.54, 1.807) is 0 Å². The van der Waals surface area contributed by atoms with Crippen molar-refractivity contribution in [2.24, 2.45) is 0 Å². The van der Waals surface area contributed by atoms with Crippen molar-refractivity contribution in [2.45, 2.75) is 32.4 Å². The molecule has 0 saturated carbocycles. The molecule has 1 aliphatic heterocycles. The molecule has 3 nitrogen and oxygen atoms in total. The van der Waals surface area contributed by atoms with E-state index in [0.29, 0.717) is 0 Å². The summed E-state index contributed by atoms with van der Waals surface area (Å²) in [6.45, 7) is 8.41. The number of rotatable bonds is 1. The molecule has 1 rings (SSSR count). The summed E-state index contributed by atoms with van der Waals surface area (Å²) >= 11 is 0. The van der Waals surface area contributed by atoms with E-state index < -0.39 is 0 Å². The van der Waals surface area contributed by atoms with Gasteiger partial charge in [-0.2, -0.15) is 5.26 Å². The van der Waals surface area contributed by atoms with Crippen LogP contribution in [-0.2, 0) is 4.74 Å². The molecule has 68 valence electrons. The largest absolute Gasteiger partial charge is 0.376 e. The van der Waals surface area contributed by atoms with Gasteiger partial charge < -0.3 is 4.74 Å². The van der Waals surface area contributed by atoms with E-state index in [0.717, 1.165) is 19.7 Å². The molecule has 12 heavy (non-hydrogen) atoms. The zero-order valence-electron chi connectivity index (χ0n) is 8.00. The maximum absolute atomic E-state index is 8.90. The Morgan fingerprint density at radius 2 is 2.25 bits per heavy atom. The Morgan fingerprint density at radius 3 is 2.75 bits per heavy atom. The van der Waals surface area contributed by atoms with Gasteiger partial charge in [0.1, 0.15) is 5.54 Å². The standard InChI is InChI=1S/C9H16N2O/c1-8-6-11(4-5-12-8)9(2,3)7-10/h8H,4-6H2,1-3H3/t8-/m0/s1. The minimum Gasteiger partial charge on any atom is -0.376 e. The summed E-state index contributed by atoms with van der Waals surface area (Å²) < 4.78 is 5.40. The third-order valence-corrected chi connectivity index (χ3v) is 2.31. The number of hydrogen-bond donors (Lipinski definition) is 0. The second-order valence-corrected chi connectivity index (χ2v) is 3.80. The molecule has 0 amide bonds. The molecule has 0 aliphatic carbocycles. The molecule has 0 aromatic rings. The van der Waals surface area contributed by atoms with Gasteiger partial charge in [-0.3, -0.25) is 4.90 Å². The highest BCUT2D eigenvalue weighted by Crippen LogP contribution is 2.16. The zero-order valence-corrected chi connectivity index (χ0v) is 8.00. The summed E-state index contributed by atoms with van der Waals surface area (Å²) in [6, 6.07) is 2.30. The number of morpholine rings is 1. The molecule has 3 heteroatoms. The predicted molar refractivity (Wildman–Crippen MR) is 46.7 cm³/mol. The van der Waals surface area contributed by atoms with Crippen molar-refractivity contribution in [3.8, 4) is 6.07 Å². The van der Waals surface area contributed by atoms with Gasteiger partial charge in [-0.15, -0.1) is 0 Å². The molecule has 1 heterocycles. The van der Waals surface area contributed by atoms with Gasteiger partial charge in [0.25, 0.3) is 0 Å². The fraction of sp³-hybridized carbons (Fsp3) is 0.889. The van der Waals surface area contributed by atoms with Crippen molar-refractivity contribution in [2.75, 3.05) is 19.7 Å². The van der Waals surface area contributed by atoms with Crippen LogP contribution in [-0.4, -0.2) is 36.2 Å². The lowest BCUT2D eigenvalue weighted by Crippen LogP contribution is -2.51. The lowest BCUT2D eigenvalue weighted by Gasteiger charge is -2.38. The van der Waals surface area contributed by atoms with Crippen LogP contribution in [0.5, 0.6) is 0 Å². The van der Waals surface area contributed by atoms with Crippen molar-refractivity contribution < 1.29 is 4.74 Å². The highest BCUT2D eigenvalue weighted by Gasteiger charge is 2.29. The first kappa shape index (κ1) is 9.50. The van der Waals surface area contributed by atoms with Crippen molar-refractivity contribution in [1.29, 1.82) is 5.26 Å². The summed E-state index contributed by atoms with van der Waals surface area (Å²) in [5, 5.41) is 8.90. The highest BCUT2D eigenvalue weighted by molar-refractivity contribution is 5.02. The minimum atomic E-state index is -0.349. The summed E-state index contributed by atoms with van der Waals surface area (Å²) in [4.78, 5) is 2.17. The maximum Gasteiger partial charge on any atom is 0.103 e. The van der Waals surface area contributed by atoms with E-state index in [1.807, 2.05) is 20.8 Å². The zero-order chi connectivity index (χ0) is 9.19. The second-order valence-electron chi connectivity index (χ2n) is 3.80. The van der Waals surface area contributed by atoms with Crippen LogP contribution in [0.1, 0.15) is 20.8 Å². The topological polar surface area (TPSA) is 36.3 Å². The van der Waals surface area contributed by atoms with E-state index >= 15 is 0 Å². The Hall–Kier alpha value is -0.590. The molecule has 0 aromatic heterocycles. The van der Waals surface area contributed by atoms with Crippen LogP contribution in [0.3, 0.4) is 0 Å². The van der Waals surface area contributed by atoms with E-state index in [4.69, 9.17) is 10.00 Å². The fourth-order valence-corrected chi connectivity index (χ4v) is 1.40. The number of nitriles is 1. The molecule has 0 spiro atoms. The molecule has 0 bridgehead atoms. The van der Waals surface area contributed by atoms with Crippen LogP contribution < -0.4 is 0 Å². The SMILES string of the molecule is C[C@H]1CN(C(C)(C)C#N)CCO1. The summed E-state index contributed by atoms with van der Waals surface area (Å²) in [5.74, 6) is 0. The fourth-order valence-electron chi connectivity index (χ4n) is 1.40. The Kier molecular flexibility index (Phi) is 2.71. The lowest BCUT2D eigenvalue weighted by atomic mass is 10.0. The highest BCUT2D eigenvalue weighted by atomic mass is 16.5.